The fourth-order valence-electron chi connectivity index (χ4n) is 3.32. The Kier molecular flexibility index (Phi) is 8.69. The number of carbonyl (C=O) groups is 2. The van der Waals surface area contributed by atoms with Crippen LogP contribution in [0.4, 0.5) is 13.2 Å². The Morgan fingerprint density at radius 3 is 2.11 bits per heavy atom. The molecule has 164 valence electrons. The second kappa shape index (κ2) is 9.88. The Labute approximate surface area is 163 Å². The number of sulfonamides is 1. The number of hydrogen-bond donors (Lipinski definition) is 2. The van der Waals surface area contributed by atoms with Gasteiger partial charge in [-0.15, -0.1) is 0 Å². The number of piperidine rings is 1. The predicted molar refractivity (Wildman–Crippen MR) is 94.4 cm³/mol. The van der Waals surface area contributed by atoms with Crippen LogP contribution in [0.25, 0.3) is 0 Å². The molecular weight excluding hydrogens is 403 g/mol. The lowest BCUT2D eigenvalue weighted by Crippen LogP contribution is -2.50. The van der Waals surface area contributed by atoms with E-state index in [1.54, 1.807) is 18.7 Å². The maximum Gasteiger partial charge on any atom is 0.511 e. The van der Waals surface area contributed by atoms with Gasteiger partial charge < -0.3 is 4.90 Å². The van der Waals surface area contributed by atoms with Crippen molar-refractivity contribution in [3.05, 3.63) is 0 Å². The number of likely N-dealkylation sites (tertiary alicyclic amines) is 1. The van der Waals surface area contributed by atoms with Crippen LogP contribution in [0.5, 0.6) is 0 Å². The minimum atomic E-state index is -5.68. The number of nitrogens with one attached hydrogen (secondary N) is 1. The molecule has 2 N–H and O–H groups in total. The summed E-state index contributed by atoms with van der Waals surface area (Å²) in [6.45, 7) is 3.61. The average molecular weight is 431 g/mol. The molecule has 1 heterocycles. The van der Waals surface area contributed by atoms with Gasteiger partial charge in [0, 0.05) is 26.7 Å². The number of nitrogens with zero attached hydrogens (tertiary/aromatic N) is 2. The largest absolute Gasteiger partial charge is 0.511 e. The van der Waals surface area contributed by atoms with Gasteiger partial charge in [-0.2, -0.15) is 17.5 Å². The first-order valence-corrected chi connectivity index (χ1v) is 10.5. The van der Waals surface area contributed by atoms with E-state index in [1.807, 2.05) is 0 Å². The van der Waals surface area contributed by atoms with E-state index in [4.69, 9.17) is 5.21 Å². The minimum absolute atomic E-state index is 0.00369. The third kappa shape index (κ3) is 6.05. The van der Waals surface area contributed by atoms with Crippen LogP contribution < -0.4 is 5.48 Å². The number of carbonyl (C=O) groups excluding carboxylic acids is 2. The molecule has 1 aliphatic heterocycles. The molecule has 0 aromatic heterocycles. The van der Waals surface area contributed by atoms with Crippen molar-refractivity contribution in [3.63, 3.8) is 0 Å². The molecule has 2 atom stereocenters. The summed E-state index contributed by atoms with van der Waals surface area (Å²) >= 11 is 0. The number of amides is 2. The molecule has 12 heteroatoms. The zero-order valence-electron chi connectivity index (χ0n) is 16.2. The normalized spacial score (nSPS) is 18.2. The van der Waals surface area contributed by atoms with Crippen molar-refractivity contribution in [2.75, 3.05) is 26.7 Å². The number of hydroxylamine groups is 1. The lowest BCUT2D eigenvalue weighted by molar-refractivity contribution is -0.146. The fraction of sp³-hybridized carbons (Fsp3) is 0.875. The summed E-state index contributed by atoms with van der Waals surface area (Å²) in [6.07, 6.45) is 2.66. The Balaban J connectivity index is 3.20. The summed E-state index contributed by atoms with van der Waals surface area (Å²) in [5.41, 5.74) is -4.18. The van der Waals surface area contributed by atoms with Gasteiger partial charge in [-0.25, -0.2) is 13.9 Å². The highest BCUT2D eigenvalue weighted by Gasteiger charge is 2.50. The molecule has 28 heavy (non-hydrogen) atoms. The van der Waals surface area contributed by atoms with Crippen molar-refractivity contribution in [1.29, 1.82) is 0 Å². The van der Waals surface area contributed by atoms with Gasteiger partial charge >= 0.3 is 15.5 Å². The van der Waals surface area contributed by atoms with Gasteiger partial charge in [0.2, 0.25) is 11.8 Å². The summed E-state index contributed by atoms with van der Waals surface area (Å²) in [5.74, 6) is -4.13. The SMILES string of the molecule is CC(C)C[C@@H](C(=O)N1CCCCC1)[C@@H](CN(C)S(=O)(=O)C(F)(F)F)C(=O)NO. The lowest BCUT2D eigenvalue weighted by atomic mass is 9.83. The number of rotatable bonds is 8. The van der Waals surface area contributed by atoms with E-state index < -0.39 is 45.7 Å². The highest BCUT2D eigenvalue weighted by Crippen LogP contribution is 2.30. The topological polar surface area (TPSA) is 107 Å². The summed E-state index contributed by atoms with van der Waals surface area (Å²) in [4.78, 5) is 26.7. The smallest absolute Gasteiger partial charge is 0.342 e. The molecule has 8 nitrogen and oxygen atoms in total. The van der Waals surface area contributed by atoms with E-state index in [9.17, 15) is 31.2 Å². The molecule has 1 saturated heterocycles. The highest BCUT2D eigenvalue weighted by molar-refractivity contribution is 7.89. The van der Waals surface area contributed by atoms with Gasteiger partial charge in [0.05, 0.1) is 11.8 Å². The Bertz CT molecular complexity index is 648. The molecule has 1 fully saturated rings. The summed E-state index contributed by atoms with van der Waals surface area (Å²) in [7, 11) is -4.99. The first kappa shape index (κ1) is 24.6. The van der Waals surface area contributed by atoms with Crippen LogP contribution in [0.3, 0.4) is 0 Å². The van der Waals surface area contributed by atoms with E-state index >= 15 is 0 Å². The molecule has 2 amide bonds. The van der Waals surface area contributed by atoms with Gasteiger partial charge in [-0.1, -0.05) is 13.8 Å². The Morgan fingerprint density at radius 2 is 1.68 bits per heavy atom. The molecule has 0 bridgehead atoms. The zero-order valence-corrected chi connectivity index (χ0v) is 17.0. The van der Waals surface area contributed by atoms with Crippen molar-refractivity contribution >= 4 is 21.8 Å². The third-order valence-electron chi connectivity index (χ3n) is 4.80. The zero-order chi connectivity index (χ0) is 21.7. The summed E-state index contributed by atoms with van der Waals surface area (Å²) < 4.78 is 61.7. The van der Waals surface area contributed by atoms with E-state index in [0.29, 0.717) is 20.1 Å². The number of hydrogen-bond acceptors (Lipinski definition) is 5. The monoisotopic (exact) mass is 431 g/mol. The standard InChI is InChI=1S/C16H28F3N3O5S/c1-11(2)9-12(15(24)22-7-5-4-6-8-22)13(14(23)20-25)10-21(3)28(26,27)16(17,18)19/h11-13,25H,4-10H2,1-3H3,(H,20,23)/t12-,13-/m1/s1. The van der Waals surface area contributed by atoms with E-state index in [1.165, 1.54) is 5.48 Å². The van der Waals surface area contributed by atoms with Crippen molar-refractivity contribution in [1.82, 2.24) is 14.7 Å². The molecule has 0 aromatic carbocycles. The number of halogens is 3. The minimum Gasteiger partial charge on any atom is -0.342 e. The molecule has 0 radical (unpaired) electrons. The quantitative estimate of drug-likeness (QED) is 0.448. The van der Waals surface area contributed by atoms with Crippen LogP contribution in [0.15, 0.2) is 0 Å². The van der Waals surface area contributed by atoms with Crippen molar-refractivity contribution in [3.8, 4) is 0 Å². The molecule has 1 rings (SSSR count). The first-order chi connectivity index (χ1) is 12.8. The number of alkyl halides is 3. The average Bonchev–Trinajstić information content (AvgIpc) is 2.62. The van der Waals surface area contributed by atoms with Gasteiger partial charge in [-0.05, 0) is 31.6 Å². The molecule has 0 aromatic rings. The van der Waals surface area contributed by atoms with Crippen LogP contribution >= 0.6 is 0 Å². The third-order valence-corrected chi connectivity index (χ3v) is 6.35. The van der Waals surface area contributed by atoms with Gasteiger partial charge in [-0.3, -0.25) is 14.8 Å². The van der Waals surface area contributed by atoms with E-state index in [0.717, 1.165) is 19.3 Å². The summed E-state index contributed by atoms with van der Waals surface area (Å²) in [5, 5.41) is 9.04. The Morgan fingerprint density at radius 1 is 1.14 bits per heavy atom. The van der Waals surface area contributed by atoms with Crippen LogP contribution in [-0.4, -0.2) is 66.8 Å². The molecule has 0 saturated carbocycles. The van der Waals surface area contributed by atoms with Crippen molar-refractivity contribution in [2.45, 2.75) is 45.0 Å². The first-order valence-electron chi connectivity index (χ1n) is 9.08. The predicted octanol–water partition coefficient (Wildman–Crippen LogP) is 1.56. The van der Waals surface area contributed by atoms with Crippen LogP contribution in [0.2, 0.25) is 0 Å². The maximum atomic E-state index is 13.0. The highest BCUT2D eigenvalue weighted by atomic mass is 32.2. The molecular formula is C16H28F3N3O5S. The molecule has 0 unspecified atom stereocenters. The van der Waals surface area contributed by atoms with Crippen LogP contribution in [-0.2, 0) is 19.6 Å². The van der Waals surface area contributed by atoms with Crippen molar-refractivity contribution < 1.29 is 36.4 Å². The van der Waals surface area contributed by atoms with Crippen LogP contribution in [0, 0.1) is 17.8 Å². The fourth-order valence-corrected chi connectivity index (χ4v) is 4.03. The van der Waals surface area contributed by atoms with Gasteiger partial charge in [0.15, 0.2) is 0 Å². The van der Waals surface area contributed by atoms with Gasteiger partial charge in [0.1, 0.15) is 0 Å². The van der Waals surface area contributed by atoms with Crippen LogP contribution in [0.1, 0.15) is 39.5 Å². The molecule has 0 spiro atoms. The second-order valence-corrected chi connectivity index (χ2v) is 9.47. The van der Waals surface area contributed by atoms with Gasteiger partial charge in [0.25, 0.3) is 0 Å². The summed E-state index contributed by atoms with van der Waals surface area (Å²) in [6, 6.07) is 0. The second-order valence-electron chi connectivity index (χ2n) is 7.44. The van der Waals surface area contributed by atoms with E-state index in [2.05, 4.69) is 0 Å². The molecule has 0 aliphatic carbocycles. The van der Waals surface area contributed by atoms with Crippen molar-refractivity contribution in [2.24, 2.45) is 17.8 Å². The maximum absolute atomic E-state index is 13.0. The molecule has 1 aliphatic rings. The lowest BCUT2D eigenvalue weighted by Gasteiger charge is -2.35. The Hall–Kier alpha value is -1.40. The van der Waals surface area contributed by atoms with E-state index in [-0.39, 0.29) is 16.6 Å².